The van der Waals surface area contributed by atoms with E-state index in [1.54, 1.807) is 10.7 Å². The van der Waals surface area contributed by atoms with Crippen molar-refractivity contribution >= 4 is 17.5 Å². The Kier molecular flexibility index (Phi) is 4.45. The summed E-state index contributed by atoms with van der Waals surface area (Å²) in [4.78, 5) is 12.0. The van der Waals surface area contributed by atoms with Crippen LogP contribution in [-0.4, -0.2) is 22.2 Å². The quantitative estimate of drug-likeness (QED) is 0.941. The van der Waals surface area contributed by atoms with Crippen molar-refractivity contribution in [1.82, 2.24) is 15.1 Å². The molecular weight excluding hydrogens is 274 g/mol. The molecule has 1 amide bonds. The van der Waals surface area contributed by atoms with Crippen molar-refractivity contribution in [3.63, 3.8) is 0 Å². The number of hydrogen-bond donors (Lipinski definition) is 1. The Morgan fingerprint density at radius 1 is 1.35 bits per heavy atom. The first-order valence-corrected chi connectivity index (χ1v) is 6.93. The molecule has 0 atom stereocenters. The van der Waals surface area contributed by atoms with E-state index >= 15 is 0 Å². The average Bonchev–Trinajstić information content (AvgIpc) is 2.79. The summed E-state index contributed by atoms with van der Waals surface area (Å²) >= 11 is 5.88. The van der Waals surface area contributed by atoms with Gasteiger partial charge in [0.2, 0.25) is 0 Å². The molecule has 0 saturated carbocycles. The lowest BCUT2D eigenvalue weighted by atomic mass is 10.1. The molecular formula is C15H18ClN3O. The zero-order valence-electron chi connectivity index (χ0n) is 11.9. The number of rotatable bonds is 4. The Hall–Kier alpha value is -1.81. The molecule has 5 heteroatoms. The highest BCUT2D eigenvalue weighted by Gasteiger charge is 2.13. The number of amides is 1. The number of halogens is 1. The number of nitrogens with zero attached hydrogens (tertiary/aromatic N) is 2. The Labute approximate surface area is 123 Å². The zero-order chi connectivity index (χ0) is 14.7. The Balaban J connectivity index is 2.21. The van der Waals surface area contributed by atoms with E-state index in [1.807, 2.05) is 31.3 Å². The minimum absolute atomic E-state index is 0.144. The monoisotopic (exact) mass is 291 g/mol. The van der Waals surface area contributed by atoms with Crippen LogP contribution in [0.25, 0.3) is 11.3 Å². The number of carbonyl (C=O) groups excluding carboxylic acids is 1. The van der Waals surface area contributed by atoms with Crippen LogP contribution in [0.3, 0.4) is 0 Å². The van der Waals surface area contributed by atoms with Gasteiger partial charge in [0.1, 0.15) is 0 Å². The molecule has 2 rings (SSSR count). The molecule has 0 bridgehead atoms. The van der Waals surface area contributed by atoms with Crippen LogP contribution < -0.4 is 5.32 Å². The van der Waals surface area contributed by atoms with E-state index in [-0.39, 0.29) is 5.91 Å². The van der Waals surface area contributed by atoms with Crippen molar-refractivity contribution in [2.45, 2.75) is 13.8 Å². The largest absolute Gasteiger partial charge is 0.350 e. The van der Waals surface area contributed by atoms with Gasteiger partial charge in [0.05, 0.1) is 5.69 Å². The van der Waals surface area contributed by atoms with Crippen molar-refractivity contribution in [2.75, 3.05) is 6.54 Å². The molecule has 1 aromatic carbocycles. The summed E-state index contributed by atoms with van der Waals surface area (Å²) < 4.78 is 1.70. The molecule has 4 nitrogen and oxygen atoms in total. The van der Waals surface area contributed by atoms with Gasteiger partial charge in [0.15, 0.2) is 5.69 Å². The number of nitrogens with one attached hydrogen (secondary N) is 1. The van der Waals surface area contributed by atoms with Gasteiger partial charge in [0.25, 0.3) is 5.91 Å². The first-order chi connectivity index (χ1) is 9.47. The molecule has 1 heterocycles. The Morgan fingerprint density at radius 3 is 2.60 bits per heavy atom. The van der Waals surface area contributed by atoms with Gasteiger partial charge in [-0.3, -0.25) is 9.48 Å². The van der Waals surface area contributed by atoms with Crippen LogP contribution in [0.1, 0.15) is 24.3 Å². The van der Waals surface area contributed by atoms with E-state index in [9.17, 15) is 4.79 Å². The highest BCUT2D eigenvalue weighted by atomic mass is 35.5. The third kappa shape index (κ3) is 3.39. The zero-order valence-corrected chi connectivity index (χ0v) is 12.6. The predicted molar refractivity (Wildman–Crippen MR) is 80.8 cm³/mol. The van der Waals surface area contributed by atoms with Crippen LogP contribution in [0.15, 0.2) is 30.3 Å². The summed E-state index contributed by atoms with van der Waals surface area (Å²) in [5, 5.41) is 7.81. The van der Waals surface area contributed by atoms with Crippen molar-refractivity contribution in [3.05, 3.63) is 41.0 Å². The molecule has 0 aliphatic heterocycles. The summed E-state index contributed by atoms with van der Waals surface area (Å²) in [7, 11) is 1.82. The molecule has 0 radical (unpaired) electrons. The van der Waals surface area contributed by atoms with Crippen LogP contribution in [0.2, 0.25) is 5.02 Å². The van der Waals surface area contributed by atoms with Crippen LogP contribution in [0.5, 0.6) is 0 Å². The fourth-order valence-corrected chi connectivity index (χ4v) is 1.98. The van der Waals surface area contributed by atoms with Gasteiger partial charge in [-0.1, -0.05) is 37.6 Å². The van der Waals surface area contributed by atoms with Gasteiger partial charge in [-0.05, 0) is 29.7 Å². The lowest BCUT2D eigenvalue weighted by Gasteiger charge is -2.04. The number of benzene rings is 1. The molecule has 0 unspecified atom stereocenters. The van der Waals surface area contributed by atoms with Crippen molar-refractivity contribution in [1.29, 1.82) is 0 Å². The number of aromatic nitrogens is 2. The summed E-state index contributed by atoms with van der Waals surface area (Å²) in [6.07, 6.45) is 0. The summed E-state index contributed by atoms with van der Waals surface area (Å²) in [5.41, 5.74) is 2.29. The molecule has 0 aliphatic carbocycles. The molecule has 0 saturated heterocycles. The van der Waals surface area contributed by atoms with Crippen LogP contribution in [-0.2, 0) is 7.05 Å². The lowest BCUT2D eigenvalue weighted by Crippen LogP contribution is -2.27. The molecule has 1 N–H and O–H groups in total. The average molecular weight is 292 g/mol. The number of carbonyl (C=O) groups is 1. The first kappa shape index (κ1) is 14.6. The molecule has 0 fully saturated rings. The van der Waals surface area contributed by atoms with Crippen molar-refractivity contribution < 1.29 is 4.79 Å². The molecule has 0 aliphatic rings. The normalized spacial score (nSPS) is 10.8. The van der Waals surface area contributed by atoms with Crippen molar-refractivity contribution in [2.24, 2.45) is 13.0 Å². The molecule has 20 heavy (non-hydrogen) atoms. The molecule has 106 valence electrons. The molecule has 2 aromatic rings. The Bertz CT molecular complexity index is 602. The fourth-order valence-electron chi connectivity index (χ4n) is 1.86. The van der Waals surface area contributed by atoms with Gasteiger partial charge in [-0.2, -0.15) is 5.10 Å². The van der Waals surface area contributed by atoms with E-state index in [1.165, 1.54) is 0 Å². The van der Waals surface area contributed by atoms with Gasteiger partial charge in [-0.25, -0.2) is 0 Å². The topological polar surface area (TPSA) is 46.9 Å². The second kappa shape index (κ2) is 6.09. The maximum Gasteiger partial charge on any atom is 0.271 e. The predicted octanol–water partition coefficient (Wildman–Crippen LogP) is 3.13. The molecule has 1 aromatic heterocycles. The smallest absolute Gasteiger partial charge is 0.271 e. The van der Waals surface area contributed by atoms with E-state index in [0.717, 1.165) is 11.3 Å². The van der Waals surface area contributed by atoms with Crippen LogP contribution in [0.4, 0.5) is 0 Å². The highest BCUT2D eigenvalue weighted by Crippen LogP contribution is 2.21. The minimum Gasteiger partial charge on any atom is -0.350 e. The van der Waals surface area contributed by atoms with Crippen molar-refractivity contribution in [3.8, 4) is 11.3 Å². The fraction of sp³-hybridized carbons (Fsp3) is 0.333. The van der Waals surface area contributed by atoms with E-state index in [0.29, 0.717) is 23.2 Å². The standard InChI is InChI=1S/C15H18ClN3O/c1-10(2)9-17-15(20)13-8-14(19(3)18-13)11-4-6-12(16)7-5-11/h4-8,10H,9H2,1-3H3,(H,17,20). The highest BCUT2D eigenvalue weighted by molar-refractivity contribution is 6.30. The number of aryl methyl sites for hydroxylation is 1. The lowest BCUT2D eigenvalue weighted by molar-refractivity contribution is 0.0943. The van der Waals surface area contributed by atoms with Gasteiger partial charge >= 0.3 is 0 Å². The van der Waals surface area contributed by atoms with E-state index in [4.69, 9.17) is 11.6 Å². The first-order valence-electron chi connectivity index (χ1n) is 6.55. The maximum atomic E-state index is 12.0. The number of hydrogen-bond acceptors (Lipinski definition) is 2. The third-order valence-electron chi connectivity index (χ3n) is 2.92. The Morgan fingerprint density at radius 2 is 2.00 bits per heavy atom. The van der Waals surface area contributed by atoms with Crippen LogP contribution in [0, 0.1) is 5.92 Å². The van der Waals surface area contributed by atoms with Crippen LogP contribution >= 0.6 is 11.6 Å². The minimum atomic E-state index is -0.144. The SMILES string of the molecule is CC(C)CNC(=O)c1cc(-c2ccc(Cl)cc2)n(C)n1. The summed E-state index contributed by atoms with van der Waals surface area (Å²) in [6.45, 7) is 4.75. The second-order valence-corrected chi connectivity index (χ2v) is 5.59. The second-order valence-electron chi connectivity index (χ2n) is 5.15. The summed E-state index contributed by atoms with van der Waals surface area (Å²) in [6, 6.07) is 9.26. The maximum absolute atomic E-state index is 12.0. The van der Waals surface area contributed by atoms with E-state index < -0.39 is 0 Å². The van der Waals surface area contributed by atoms with E-state index in [2.05, 4.69) is 24.3 Å². The van der Waals surface area contributed by atoms with Gasteiger partial charge in [-0.15, -0.1) is 0 Å². The summed E-state index contributed by atoms with van der Waals surface area (Å²) in [5.74, 6) is 0.271. The van der Waals surface area contributed by atoms with Gasteiger partial charge in [0, 0.05) is 18.6 Å². The molecule has 0 spiro atoms. The van der Waals surface area contributed by atoms with Gasteiger partial charge < -0.3 is 5.32 Å². The third-order valence-corrected chi connectivity index (χ3v) is 3.18.